The minimum atomic E-state index is -5.14. The number of nitrogens with two attached hydrogens (primary N) is 1. The molecule has 0 radical (unpaired) electrons. The van der Waals surface area contributed by atoms with Gasteiger partial charge in [0.15, 0.2) is 11.6 Å². The van der Waals surface area contributed by atoms with Crippen LogP contribution >= 0.6 is 0 Å². The van der Waals surface area contributed by atoms with Crippen molar-refractivity contribution < 1.29 is 71.9 Å². The van der Waals surface area contributed by atoms with E-state index in [1.807, 2.05) is 0 Å². The molecule has 1 aliphatic rings. The van der Waals surface area contributed by atoms with Gasteiger partial charge in [-0.2, -0.15) is 10.2 Å². The smallest absolute Gasteiger partial charge is 0.744 e. The van der Waals surface area contributed by atoms with Gasteiger partial charge in [-0.3, -0.25) is 9.59 Å². The van der Waals surface area contributed by atoms with Gasteiger partial charge in [-0.05, 0) is 72.8 Å². The number of carbonyl (C=O) groups is 4. The van der Waals surface area contributed by atoms with Crippen LogP contribution < -0.4 is 62.5 Å². The summed E-state index contributed by atoms with van der Waals surface area (Å²) in [5, 5.41) is 36.8. The molecule has 0 saturated carbocycles. The second kappa shape index (κ2) is 15.5. The number of amides is 2. The number of carboxylic acid groups (broad SMARTS) is 1. The van der Waals surface area contributed by atoms with Crippen LogP contribution in [0.1, 0.15) is 42.2 Å². The molecular weight excluding hydrogens is 705 g/mol. The molecule has 0 bridgehead atoms. The SMILES string of the molecule is Nc1c(S(=O)(=O)[O-])cc(Nc2ccc(NC(=O)Nc3ccc(N=Nc4ccc(O)c(C(=O)[O-])c4)cc3)cc2)c2c1C(=O)c1ccccc1C2=O.[NH4+].[Na+]. The summed E-state index contributed by atoms with van der Waals surface area (Å²) in [6.45, 7) is 0. The molecule has 18 heteroatoms. The van der Waals surface area contributed by atoms with E-state index in [1.54, 1.807) is 36.4 Å². The molecule has 52 heavy (non-hydrogen) atoms. The van der Waals surface area contributed by atoms with Crippen LogP contribution in [-0.4, -0.2) is 41.6 Å². The second-order valence-corrected chi connectivity index (χ2v) is 12.1. The second-order valence-electron chi connectivity index (χ2n) is 10.8. The molecule has 5 aromatic rings. The number of ketones is 2. The molecule has 0 heterocycles. The maximum atomic E-state index is 13.5. The van der Waals surface area contributed by atoms with Gasteiger partial charge in [-0.1, -0.05) is 24.3 Å². The molecule has 258 valence electrons. The number of nitrogens with one attached hydrogen (secondary N) is 3. The van der Waals surface area contributed by atoms with Gasteiger partial charge in [0.1, 0.15) is 15.9 Å². The molecule has 16 nitrogen and oxygen atoms in total. The van der Waals surface area contributed by atoms with Crippen LogP contribution in [0.2, 0.25) is 0 Å². The zero-order valence-electron chi connectivity index (χ0n) is 27.3. The van der Waals surface area contributed by atoms with Crippen LogP contribution in [-0.2, 0) is 10.1 Å². The predicted molar refractivity (Wildman–Crippen MR) is 184 cm³/mol. The minimum Gasteiger partial charge on any atom is -0.744 e. The van der Waals surface area contributed by atoms with Gasteiger partial charge in [0.05, 0.1) is 44.7 Å². The normalized spacial score (nSPS) is 11.8. The molecule has 2 amide bonds. The summed E-state index contributed by atoms with van der Waals surface area (Å²) in [6, 6.07) is 22.2. The standard InChI is InChI=1S/C34H24N6O9S.H3N.Na/c35-30-27(50(47,48)49)16-25(28-29(30)32(43)23-4-2-1-3-22(23)31(28)42)36-17-5-7-18(8-6-17)37-34(46)38-19-9-11-20(12-10-19)39-40-21-13-14-26(41)24(15-21)33(44)45;;/h1-16,36,41H,35H2,(H,44,45)(H2,37,38,46)(H,47,48,49);1H3;/q;;+1/p-1. The molecule has 6 rings (SSSR count). The van der Waals surface area contributed by atoms with Gasteiger partial charge >= 0.3 is 35.6 Å². The number of anilines is 5. The number of quaternary nitrogens is 1. The first kappa shape index (κ1) is 38.8. The van der Waals surface area contributed by atoms with E-state index in [-0.39, 0.29) is 69.3 Å². The average Bonchev–Trinajstić information content (AvgIpc) is 3.08. The van der Waals surface area contributed by atoms with Crippen molar-refractivity contribution in [1.29, 1.82) is 0 Å². The first-order valence-corrected chi connectivity index (χ1v) is 15.8. The summed E-state index contributed by atoms with van der Waals surface area (Å²) >= 11 is 0. The van der Waals surface area contributed by atoms with Gasteiger partial charge in [-0.25, -0.2) is 13.2 Å². The number of urea groups is 1. The van der Waals surface area contributed by atoms with Crippen molar-refractivity contribution >= 4 is 73.5 Å². The molecule has 0 aromatic heterocycles. The monoisotopic (exact) mass is 731 g/mol. The Bertz CT molecular complexity index is 2390. The summed E-state index contributed by atoms with van der Waals surface area (Å²) in [7, 11) is -5.14. The number of carbonyl (C=O) groups excluding carboxylic acids is 4. The summed E-state index contributed by atoms with van der Waals surface area (Å²) in [6.07, 6.45) is 0. The molecular formula is C34H26N7NaO9S. The third kappa shape index (κ3) is 8.00. The van der Waals surface area contributed by atoms with Gasteiger partial charge in [0, 0.05) is 33.8 Å². The number of phenols is 1. The van der Waals surface area contributed by atoms with Gasteiger partial charge < -0.3 is 47.4 Å². The van der Waals surface area contributed by atoms with Crippen molar-refractivity contribution in [3.05, 3.63) is 125 Å². The molecule has 10 N–H and O–H groups in total. The van der Waals surface area contributed by atoms with Crippen molar-refractivity contribution in [3.63, 3.8) is 0 Å². The maximum absolute atomic E-state index is 13.5. The number of carboxylic acids is 1. The molecule has 0 unspecified atom stereocenters. The quantitative estimate of drug-likeness (QED) is 0.0571. The molecule has 0 saturated heterocycles. The van der Waals surface area contributed by atoms with E-state index in [0.29, 0.717) is 22.7 Å². The van der Waals surface area contributed by atoms with Crippen LogP contribution in [0.15, 0.2) is 112 Å². The fraction of sp³-hybridized carbons (Fsp3) is 0. The van der Waals surface area contributed by atoms with E-state index < -0.39 is 55.6 Å². The van der Waals surface area contributed by atoms with Crippen molar-refractivity contribution in [2.24, 2.45) is 10.2 Å². The molecule has 5 aromatic carbocycles. The van der Waals surface area contributed by atoms with E-state index >= 15 is 0 Å². The zero-order chi connectivity index (χ0) is 35.7. The largest absolute Gasteiger partial charge is 1.00 e. The van der Waals surface area contributed by atoms with Crippen LogP contribution in [0.5, 0.6) is 5.75 Å². The van der Waals surface area contributed by atoms with Gasteiger partial charge in [-0.15, -0.1) is 0 Å². The predicted octanol–water partition coefficient (Wildman–Crippen LogP) is 2.20. The van der Waals surface area contributed by atoms with Crippen molar-refractivity contribution in [2.75, 3.05) is 21.7 Å². The first-order valence-electron chi connectivity index (χ1n) is 14.4. The number of aromatic hydroxyl groups is 1. The number of aromatic carboxylic acids is 1. The van der Waals surface area contributed by atoms with E-state index in [9.17, 15) is 42.4 Å². The summed E-state index contributed by atoms with van der Waals surface area (Å²) in [5.41, 5.74) is 6.02. The number of rotatable bonds is 8. The van der Waals surface area contributed by atoms with Crippen LogP contribution in [0.25, 0.3) is 0 Å². The number of nitrogens with zero attached hydrogens (tertiary/aromatic N) is 2. The number of azo groups is 1. The third-order valence-electron chi connectivity index (χ3n) is 7.50. The number of fused-ring (bicyclic) bond motifs is 2. The Balaban J connectivity index is 0.00000302. The third-order valence-corrected chi connectivity index (χ3v) is 8.37. The Morgan fingerprint density at radius 1 is 0.731 bits per heavy atom. The van der Waals surface area contributed by atoms with Crippen LogP contribution in [0.4, 0.5) is 44.6 Å². The summed E-state index contributed by atoms with van der Waals surface area (Å²) in [5.74, 6) is -3.31. The van der Waals surface area contributed by atoms with Gasteiger partial charge in [0.2, 0.25) is 0 Å². The van der Waals surface area contributed by atoms with Crippen molar-refractivity contribution in [3.8, 4) is 5.75 Å². The van der Waals surface area contributed by atoms with E-state index in [4.69, 9.17) is 5.73 Å². The summed E-state index contributed by atoms with van der Waals surface area (Å²) < 4.78 is 36.2. The Morgan fingerprint density at radius 3 is 1.79 bits per heavy atom. The zero-order valence-corrected chi connectivity index (χ0v) is 30.1. The Labute approximate surface area is 317 Å². The molecule has 0 fully saturated rings. The van der Waals surface area contributed by atoms with Gasteiger partial charge in [0.25, 0.3) is 0 Å². The van der Waals surface area contributed by atoms with E-state index in [1.165, 1.54) is 42.5 Å². The fourth-order valence-electron chi connectivity index (χ4n) is 5.16. The minimum absolute atomic E-state index is 0. The Hall–Kier alpha value is -5.95. The Kier molecular flexibility index (Phi) is 11.6. The van der Waals surface area contributed by atoms with Crippen LogP contribution in [0, 0.1) is 0 Å². The van der Waals surface area contributed by atoms with E-state index in [2.05, 4.69) is 26.2 Å². The van der Waals surface area contributed by atoms with Crippen LogP contribution in [0.3, 0.4) is 0 Å². The summed E-state index contributed by atoms with van der Waals surface area (Å²) in [4.78, 5) is 49.7. The van der Waals surface area contributed by atoms with Crippen molar-refractivity contribution in [2.45, 2.75) is 4.90 Å². The van der Waals surface area contributed by atoms with E-state index in [0.717, 1.165) is 18.2 Å². The first-order chi connectivity index (χ1) is 23.8. The molecule has 0 atom stereocenters. The average molecular weight is 732 g/mol. The number of hydrogen-bond acceptors (Lipinski definition) is 13. The maximum Gasteiger partial charge on any atom is 1.00 e. The van der Waals surface area contributed by atoms with Crippen molar-refractivity contribution in [1.82, 2.24) is 6.15 Å². The number of benzene rings is 5. The molecule has 0 spiro atoms. The fourth-order valence-corrected chi connectivity index (χ4v) is 5.80. The number of hydrogen-bond donors (Lipinski definition) is 6. The topological polar surface area (TPSA) is 292 Å². The Morgan fingerprint density at radius 2 is 1.23 bits per heavy atom. The molecule has 0 aliphatic heterocycles. The number of nitrogen functional groups attached to an aromatic ring is 1. The molecule has 1 aliphatic carbocycles.